The molecule has 0 bridgehead atoms. The number of halogens is 4. The summed E-state index contributed by atoms with van der Waals surface area (Å²) >= 11 is 11.9. The maximum atomic E-state index is 13.3. The van der Waals surface area contributed by atoms with Crippen molar-refractivity contribution in [3.63, 3.8) is 0 Å². The van der Waals surface area contributed by atoms with E-state index in [4.69, 9.17) is 28.9 Å². The molecular weight excluding hydrogens is 319 g/mol. The van der Waals surface area contributed by atoms with E-state index in [1.54, 1.807) is 12.1 Å². The van der Waals surface area contributed by atoms with E-state index in [-0.39, 0.29) is 12.1 Å². The second-order valence-corrected chi connectivity index (χ2v) is 5.50. The van der Waals surface area contributed by atoms with Gasteiger partial charge >= 0.3 is 0 Å². The van der Waals surface area contributed by atoms with Crippen LogP contribution in [0.5, 0.6) is 0 Å². The highest BCUT2D eigenvalue weighted by Crippen LogP contribution is 2.35. The molecule has 0 amide bonds. The number of rotatable bonds is 4. The molecule has 0 radical (unpaired) electrons. The maximum Gasteiger partial charge on any atom is 0.126 e. The summed E-state index contributed by atoms with van der Waals surface area (Å²) in [6.07, 6.45) is -1.18. The molecule has 0 heterocycles. The van der Waals surface area contributed by atoms with Crippen molar-refractivity contribution in [3.8, 4) is 0 Å². The molecule has 0 aromatic heterocycles. The van der Waals surface area contributed by atoms with Crippen molar-refractivity contribution in [1.29, 1.82) is 0 Å². The zero-order valence-corrected chi connectivity index (χ0v) is 12.4. The topological polar surface area (TPSA) is 46.2 Å². The van der Waals surface area contributed by atoms with E-state index in [2.05, 4.69) is 0 Å². The number of aliphatic hydroxyl groups excluding tert-OH is 1. The molecule has 6 heteroatoms. The molecule has 21 heavy (non-hydrogen) atoms. The largest absolute Gasteiger partial charge is 0.388 e. The molecule has 2 atom stereocenters. The van der Waals surface area contributed by atoms with Crippen LogP contribution in [0.25, 0.3) is 0 Å². The Labute approximate surface area is 131 Å². The van der Waals surface area contributed by atoms with Crippen LogP contribution in [-0.4, -0.2) is 11.7 Å². The van der Waals surface area contributed by atoms with Crippen molar-refractivity contribution in [2.24, 2.45) is 5.73 Å². The van der Waals surface area contributed by atoms with E-state index in [9.17, 15) is 13.9 Å². The van der Waals surface area contributed by atoms with Gasteiger partial charge in [0.05, 0.1) is 6.10 Å². The van der Waals surface area contributed by atoms with Crippen LogP contribution in [0, 0.1) is 11.6 Å². The third-order valence-corrected chi connectivity index (χ3v) is 3.79. The second-order valence-electron chi connectivity index (χ2n) is 4.66. The van der Waals surface area contributed by atoms with E-state index in [1.807, 2.05) is 0 Å². The summed E-state index contributed by atoms with van der Waals surface area (Å²) in [5.41, 5.74) is 6.36. The van der Waals surface area contributed by atoms with Gasteiger partial charge in [0, 0.05) is 28.6 Å². The van der Waals surface area contributed by atoms with Crippen molar-refractivity contribution in [2.75, 3.05) is 6.54 Å². The van der Waals surface area contributed by atoms with Crippen molar-refractivity contribution >= 4 is 23.2 Å². The van der Waals surface area contributed by atoms with Gasteiger partial charge in [-0.15, -0.1) is 0 Å². The lowest BCUT2D eigenvalue weighted by Crippen LogP contribution is -2.20. The van der Waals surface area contributed by atoms with E-state index in [1.165, 1.54) is 6.07 Å². The van der Waals surface area contributed by atoms with Crippen LogP contribution in [-0.2, 0) is 0 Å². The average molecular weight is 332 g/mol. The molecule has 0 aliphatic carbocycles. The Balaban J connectivity index is 2.40. The van der Waals surface area contributed by atoms with Crippen LogP contribution in [0.2, 0.25) is 10.0 Å². The van der Waals surface area contributed by atoms with Crippen LogP contribution in [0.3, 0.4) is 0 Å². The smallest absolute Gasteiger partial charge is 0.126 e. The summed E-state index contributed by atoms with van der Waals surface area (Å²) in [5.74, 6) is -2.12. The molecule has 3 N–H and O–H groups in total. The zero-order chi connectivity index (χ0) is 15.6. The van der Waals surface area contributed by atoms with Gasteiger partial charge in [-0.3, -0.25) is 0 Å². The first-order chi connectivity index (χ1) is 9.92. The maximum absolute atomic E-state index is 13.3. The molecule has 2 aromatic rings. The lowest BCUT2D eigenvalue weighted by atomic mass is 9.89. The molecule has 2 nitrogen and oxygen atoms in total. The molecule has 0 aliphatic heterocycles. The number of nitrogens with two attached hydrogens (primary N) is 1. The molecule has 0 saturated heterocycles. The van der Waals surface area contributed by atoms with Crippen LogP contribution in [0.15, 0.2) is 36.4 Å². The van der Waals surface area contributed by atoms with Gasteiger partial charge in [0.25, 0.3) is 0 Å². The van der Waals surface area contributed by atoms with Gasteiger partial charge in [-0.05, 0) is 35.4 Å². The molecule has 0 saturated carbocycles. The van der Waals surface area contributed by atoms with Gasteiger partial charge in [0.1, 0.15) is 11.6 Å². The minimum Gasteiger partial charge on any atom is -0.388 e. The Hall–Kier alpha value is -1.20. The Morgan fingerprint density at radius 3 is 2.19 bits per heavy atom. The Bertz CT molecular complexity index is 631. The van der Waals surface area contributed by atoms with Crippen molar-refractivity contribution in [2.45, 2.75) is 12.0 Å². The third-order valence-electron chi connectivity index (χ3n) is 3.22. The van der Waals surface area contributed by atoms with Crippen molar-refractivity contribution in [3.05, 3.63) is 69.2 Å². The zero-order valence-electron chi connectivity index (χ0n) is 10.9. The summed E-state index contributed by atoms with van der Waals surface area (Å²) in [6, 6.07) is 7.66. The van der Waals surface area contributed by atoms with Gasteiger partial charge in [0.2, 0.25) is 0 Å². The minimum atomic E-state index is -1.18. The monoisotopic (exact) mass is 331 g/mol. The van der Waals surface area contributed by atoms with E-state index >= 15 is 0 Å². The summed E-state index contributed by atoms with van der Waals surface area (Å²) < 4.78 is 26.5. The SMILES string of the molecule is NCC(c1ccc(Cl)cc1Cl)C(O)c1cc(F)cc(F)c1. The number of hydrogen-bond acceptors (Lipinski definition) is 2. The molecule has 112 valence electrons. The molecule has 2 aromatic carbocycles. The third kappa shape index (κ3) is 3.71. The van der Waals surface area contributed by atoms with Gasteiger partial charge in [-0.2, -0.15) is 0 Å². The molecule has 0 fully saturated rings. The fraction of sp³-hybridized carbons (Fsp3) is 0.200. The summed E-state index contributed by atoms with van der Waals surface area (Å²) in [5, 5.41) is 11.2. The summed E-state index contributed by atoms with van der Waals surface area (Å²) in [4.78, 5) is 0. The van der Waals surface area contributed by atoms with Crippen LogP contribution >= 0.6 is 23.2 Å². The van der Waals surface area contributed by atoms with Gasteiger partial charge in [-0.1, -0.05) is 29.3 Å². The lowest BCUT2D eigenvalue weighted by molar-refractivity contribution is 0.146. The van der Waals surface area contributed by atoms with Gasteiger partial charge in [0.15, 0.2) is 0 Å². The van der Waals surface area contributed by atoms with Crippen molar-refractivity contribution in [1.82, 2.24) is 0 Å². The first kappa shape index (κ1) is 16.2. The van der Waals surface area contributed by atoms with E-state index < -0.39 is 23.7 Å². The standard InChI is InChI=1S/C15H13Cl2F2NO/c16-9-1-2-12(14(17)5-9)13(7-20)15(21)8-3-10(18)6-11(19)4-8/h1-6,13,15,21H,7,20H2. The number of benzene rings is 2. The predicted octanol–water partition coefficient (Wildman–Crippen LogP) is 4.05. The minimum absolute atomic E-state index is 0.0562. The summed E-state index contributed by atoms with van der Waals surface area (Å²) in [7, 11) is 0. The molecule has 2 unspecified atom stereocenters. The molecular formula is C15H13Cl2F2NO. The molecule has 0 spiro atoms. The van der Waals surface area contributed by atoms with Crippen LogP contribution in [0.4, 0.5) is 8.78 Å². The van der Waals surface area contributed by atoms with Crippen LogP contribution in [0.1, 0.15) is 23.1 Å². The first-order valence-corrected chi connectivity index (χ1v) is 6.97. The number of hydrogen-bond donors (Lipinski definition) is 2. The molecule has 0 aliphatic rings. The fourth-order valence-electron chi connectivity index (χ4n) is 2.21. The normalized spacial score (nSPS) is 14.0. The highest BCUT2D eigenvalue weighted by molar-refractivity contribution is 6.35. The number of aliphatic hydroxyl groups is 1. The Morgan fingerprint density at radius 1 is 1.05 bits per heavy atom. The Kier molecular flexibility index (Phi) is 5.17. The molecule has 2 rings (SSSR count). The van der Waals surface area contributed by atoms with Crippen LogP contribution < -0.4 is 5.73 Å². The Morgan fingerprint density at radius 2 is 1.67 bits per heavy atom. The summed E-state index contributed by atoms with van der Waals surface area (Å²) in [6.45, 7) is 0.0562. The lowest BCUT2D eigenvalue weighted by Gasteiger charge is -2.23. The van der Waals surface area contributed by atoms with E-state index in [0.717, 1.165) is 18.2 Å². The first-order valence-electron chi connectivity index (χ1n) is 6.21. The van der Waals surface area contributed by atoms with E-state index in [0.29, 0.717) is 15.6 Å². The highest BCUT2D eigenvalue weighted by atomic mass is 35.5. The van der Waals surface area contributed by atoms with Crippen molar-refractivity contribution < 1.29 is 13.9 Å². The van der Waals surface area contributed by atoms with Gasteiger partial charge < -0.3 is 10.8 Å². The predicted molar refractivity (Wildman–Crippen MR) is 79.6 cm³/mol. The highest BCUT2D eigenvalue weighted by Gasteiger charge is 2.24. The average Bonchev–Trinajstić information content (AvgIpc) is 2.40. The quantitative estimate of drug-likeness (QED) is 0.887. The second kappa shape index (κ2) is 6.71. The van der Waals surface area contributed by atoms with Gasteiger partial charge in [-0.25, -0.2) is 8.78 Å². The fourth-order valence-corrected chi connectivity index (χ4v) is 2.76.